The zero-order valence-electron chi connectivity index (χ0n) is 10.3. The molecule has 9 heteroatoms. The zero-order chi connectivity index (χ0) is 14.0. The van der Waals surface area contributed by atoms with Crippen molar-refractivity contribution in [1.82, 2.24) is 8.68 Å². The van der Waals surface area contributed by atoms with Crippen LogP contribution >= 0.6 is 23.1 Å². The summed E-state index contributed by atoms with van der Waals surface area (Å²) >= 11 is 6.91. The second-order valence-corrected chi connectivity index (χ2v) is 7.51. The van der Waals surface area contributed by atoms with Crippen LogP contribution in [0.2, 0.25) is 5.15 Å². The Morgan fingerprint density at radius 3 is 3.00 bits per heavy atom. The smallest absolute Gasteiger partial charge is 0.211 e. The van der Waals surface area contributed by atoms with Crippen LogP contribution in [-0.4, -0.2) is 42.5 Å². The highest BCUT2D eigenvalue weighted by atomic mass is 35.5. The van der Waals surface area contributed by atoms with Crippen LogP contribution in [0.25, 0.3) is 0 Å². The van der Waals surface area contributed by atoms with Gasteiger partial charge in [0.25, 0.3) is 0 Å². The average molecular weight is 321 g/mol. The van der Waals surface area contributed by atoms with Gasteiger partial charge in [0, 0.05) is 19.1 Å². The first kappa shape index (κ1) is 14.5. The third-order valence-corrected chi connectivity index (χ3v) is 5.37. The van der Waals surface area contributed by atoms with Gasteiger partial charge < -0.3 is 5.32 Å². The number of rotatable bonds is 3. The maximum Gasteiger partial charge on any atom is 0.211 e. The Morgan fingerprint density at radius 2 is 2.37 bits per heavy atom. The van der Waals surface area contributed by atoms with E-state index in [1.54, 1.807) is 0 Å². The van der Waals surface area contributed by atoms with E-state index in [0.717, 1.165) is 24.4 Å². The third-order valence-electron chi connectivity index (χ3n) is 2.95. The molecule has 0 aliphatic carbocycles. The van der Waals surface area contributed by atoms with Crippen LogP contribution in [-0.2, 0) is 10.0 Å². The Labute approximate surface area is 121 Å². The fraction of sp³-hybridized carbons (Fsp3) is 0.600. The second kappa shape index (κ2) is 5.63. The summed E-state index contributed by atoms with van der Waals surface area (Å²) in [5.41, 5.74) is 0.322. The van der Waals surface area contributed by atoms with Gasteiger partial charge in [-0.1, -0.05) is 11.6 Å². The quantitative estimate of drug-likeness (QED) is 0.912. The Kier molecular flexibility index (Phi) is 4.30. The number of aromatic nitrogens is 1. The maximum absolute atomic E-state index is 11.5. The van der Waals surface area contributed by atoms with E-state index in [-0.39, 0.29) is 11.2 Å². The third kappa shape index (κ3) is 3.36. The van der Waals surface area contributed by atoms with Gasteiger partial charge in [-0.3, -0.25) is 0 Å². The van der Waals surface area contributed by atoms with Crippen LogP contribution < -0.4 is 5.32 Å². The predicted octanol–water partition coefficient (Wildman–Crippen LogP) is 1.50. The lowest BCUT2D eigenvalue weighted by Gasteiger charge is -2.31. The van der Waals surface area contributed by atoms with Crippen molar-refractivity contribution in [3.8, 4) is 6.07 Å². The van der Waals surface area contributed by atoms with Crippen LogP contribution in [0.3, 0.4) is 0 Å². The molecule has 0 radical (unpaired) electrons. The maximum atomic E-state index is 11.5. The molecule has 2 rings (SSSR count). The van der Waals surface area contributed by atoms with Crippen molar-refractivity contribution in [2.45, 2.75) is 18.9 Å². The minimum atomic E-state index is -3.17. The molecular formula is C10H13ClN4O2S2. The fourth-order valence-corrected chi connectivity index (χ4v) is 3.94. The molecule has 2 heterocycles. The van der Waals surface area contributed by atoms with Gasteiger partial charge in [0.15, 0.2) is 5.15 Å². The number of piperidine rings is 1. The van der Waals surface area contributed by atoms with Crippen LogP contribution in [0.4, 0.5) is 5.00 Å². The van der Waals surface area contributed by atoms with Gasteiger partial charge in [0.1, 0.15) is 16.6 Å². The SMILES string of the molecule is CS(=O)(=O)N1CCCC(Nc2snc(Cl)c2C#N)C1. The van der Waals surface area contributed by atoms with Crippen LogP contribution in [0.15, 0.2) is 0 Å². The summed E-state index contributed by atoms with van der Waals surface area (Å²) < 4.78 is 28.4. The Hall–Kier alpha value is -0.880. The second-order valence-electron chi connectivity index (χ2n) is 4.39. The minimum absolute atomic E-state index is 0.0212. The number of hydrogen-bond acceptors (Lipinski definition) is 6. The van der Waals surface area contributed by atoms with Gasteiger partial charge in [-0.05, 0) is 24.4 Å². The molecule has 1 saturated heterocycles. The first-order valence-corrected chi connectivity index (χ1v) is 8.68. The van der Waals surface area contributed by atoms with Crippen molar-refractivity contribution < 1.29 is 8.42 Å². The molecule has 1 aromatic heterocycles. The molecule has 104 valence electrons. The highest BCUT2D eigenvalue weighted by Crippen LogP contribution is 2.29. The summed E-state index contributed by atoms with van der Waals surface area (Å²) in [7, 11) is -3.17. The molecular weight excluding hydrogens is 308 g/mol. The van der Waals surface area contributed by atoms with E-state index in [4.69, 9.17) is 16.9 Å². The molecule has 1 aliphatic rings. The Morgan fingerprint density at radius 1 is 1.63 bits per heavy atom. The van der Waals surface area contributed by atoms with Crippen molar-refractivity contribution in [3.63, 3.8) is 0 Å². The predicted molar refractivity (Wildman–Crippen MR) is 74.9 cm³/mol. The summed E-state index contributed by atoms with van der Waals surface area (Å²) in [6.07, 6.45) is 2.85. The topological polar surface area (TPSA) is 86.1 Å². The molecule has 1 atom stereocenters. The average Bonchev–Trinajstić information content (AvgIpc) is 2.69. The van der Waals surface area contributed by atoms with Crippen molar-refractivity contribution in [3.05, 3.63) is 10.7 Å². The van der Waals surface area contributed by atoms with E-state index < -0.39 is 10.0 Å². The van der Waals surface area contributed by atoms with Gasteiger partial charge in [0.2, 0.25) is 10.0 Å². The number of halogens is 1. The van der Waals surface area contributed by atoms with Crippen molar-refractivity contribution in [2.75, 3.05) is 24.7 Å². The highest BCUT2D eigenvalue weighted by molar-refractivity contribution is 7.88. The summed E-state index contributed by atoms with van der Waals surface area (Å²) in [5, 5.41) is 12.9. The summed E-state index contributed by atoms with van der Waals surface area (Å²) in [6.45, 7) is 0.949. The van der Waals surface area contributed by atoms with E-state index in [1.807, 2.05) is 6.07 Å². The van der Waals surface area contributed by atoms with Gasteiger partial charge in [-0.25, -0.2) is 12.7 Å². The standard InChI is InChI=1S/C10H13ClN4O2S2/c1-19(16,17)15-4-2-3-7(6-15)13-10-8(5-12)9(11)14-18-10/h7,13H,2-4,6H2,1H3. The fourth-order valence-electron chi connectivity index (χ4n) is 2.01. The number of nitrogens with zero attached hydrogens (tertiary/aromatic N) is 3. The first-order valence-electron chi connectivity index (χ1n) is 5.68. The number of nitriles is 1. The van der Waals surface area contributed by atoms with Gasteiger partial charge in [-0.15, -0.1) is 0 Å². The summed E-state index contributed by atoms with van der Waals surface area (Å²) in [5.74, 6) is 0. The summed E-state index contributed by atoms with van der Waals surface area (Å²) in [6, 6.07) is 1.98. The van der Waals surface area contributed by atoms with Crippen LogP contribution in [0.5, 0.6) is 0 Å². The van der Waals surface area contributed by atoms with E-state index in [0.29, 0.717) is 23.7 Å². The molecule has 0 spiro atoms. The number of nitrogens with one attached hydrogen (secondary N) is 1. The normalized spacial score (nSPS) is 21.0. The van der Waals surface area contributed by atoms with Crippen LogP contribution in [0.1, 0.15) is 18.4 Å². The first-order chi connectivity index (χ1) is 8.91. The molecule has 1 aromatic rings. The lowest BCUT2D eigenvalue weighted by molar-refractivity contribution is 0.329. The monoisotopic (exact) mass is 320 g/mol. The van der Waals surface area contributed by atoms with Gasteiger partial charge in [0.05, 0.1) is 6.26 Å². The summed E-state index contributed by atoms with van der Waals surface area (Å²) in [4.78, 5) is 0. The molecule has 0 saturated carbocycles. The lowest BCUT2D eigenvalue weighted by Crippen LogP contribution is -2.44. The largest absolute Gasteiger partial charge is 0.370 e. The minimum Gasteiger partial charge on any atom is -0.370 e. The van der Waals surface area contributed by atoms with E-state index in [1.165, 1.54) is 10.6 Å². The molecule has 0 aromatic carbocycles. The Balaban J connectivity index is 2.09. The lowest BCUT2D eigenvalue weighted by atomic mass is 10.1. The Bertz CT molecular complexity index is 608. The molecule has 1 N–H and O–H groups in total. The molecule has 19 heavy (non-hydrogen) atoms. The highest BCUT2D eigenvalue weighted by Gasteiger charge is 2.27. The molecule has 0 amide bonds. The zero-order valence-corrected chi connectivity index (χ0v) is 12.6. The number of hydrogen-bond donors (Lipinski definition) is 1. The molecule has 1 fully saturated rings. The molecule has 0 bridgehead atoms. The van der Waals surface area contributed by atoms with Crippen molar-refractivity contribution in [1.29, 1.82) is 5.26 Å². The molecule has 1 aliphatic heterocycles. The van der Waals surface area contributed by atoms with E-state index in [2.05, 4.69) is 9.69 Å². The van der Waals surface area contributed by atoms with Crippen LogP contribution in [0, 0.1) is 11.3 Å². The number of sulfonamides is 1. The van der Waals surface area contributed by atoms with E-state index >= 15 is 0 Å². The molecule has 1 unspecified atom stereocenters. The van der Waals surface area contributed by atoms with E-state index in [9.17, 15) is 8.42 Å². The van der Waals surface area contributed by atoms with Gasteiger partial charge in [-0.2, -0.15) is 9.64 Å². The van der Waals surface area contributed by atoms with Crippen molar-refractivity contribution in [2.24, 2.45) is 0 Å². The van der Waals surface area contributed by atoms with Gasteiger partial charge >= 0.3 is 0 Å². The number of anilines is 1. The van der Waals surface area contributed by atoms with Crippen molar-refractivity contribution >= 4 is 38.2 Å². The molecule has 6 nitrogen and oxygen atoms in total.